The molecule has 32 heavy (non-hydrogen) atoms. The minimum atomic E-state index is 0.209. The van der Waals surface area contributed by atoms with Gasteiger partial charge in [0.1, 0.15) is 5.52 Å². The molecule has 9 heteroatoms. The molecule has 0 amide bonds. The van der Waals surface area contributed by atoms with Crippen molar-refractivity contribution < 1.29 is 9.47 Å². The van der Waals surface area contributed by atoms with Gasteiger partial charge in [0.05, 0.1) is 43.6 Å². The van der Waals surface area contributed by atoms with Crippen LogP contribution in [-0.2, 0) is 16.0 Å². The molecule has 0 bridgehead atoms. The topological polar surface area (TPSA) is 76.8 Å². The molecule has 1 aromatic carbocycles. The molecule has 0 unspecified atom stereocenters. The molecule has 0 spiro atoms. The Bertz CT molecular complexity index is 1120. The fourth-order valence-electron chi connectivity index (χ4n) is 4.18. The van der Waals surface area contributed by atoms with E-state index in [1.165, 1.54) is 0 Å². The summed E-state index contributed by atoms with van der Waals surface area (Å²) in [5.74, 6) is 0.675. The lowest BCUT2D eigenvalue weighted by molar-refractivity contribution is 0.0978. The molecule has 4 heterocycles. The average molecular weight is 455 g/mol. The number of hydrazone groups is 1. The summed E-state index contributed by atoms with van der Waals surface area (Å²) >= 11 is 6.13. The lowest BCUT2D eigenvalue weighted by Gasteiger charge is -2.29. The van der Waals surface area contributed by atoms with Gasteiger partial charge in [0, 0.05) is 30.8 Å². The van der Waals surface area contributed by atoms with Crippen LogP contribution >= 0.6 is 11.6 Å². The summed E-state index contributed by atoms with van der Waals surface area (Å²) in [5.41, 5.74) is 7.71. The van der Waals surface area contributed by atoms with E-state index in [1.54, 1.807) is 0 Å². The Hall–Kier alpha value is -2.68. The third-order valence-corrected chi connectivity index (χ3v) is 6.14. The summed E-state index contributed by atoms with van der Waals surface area (Å²) in [6.45, 7) is 6.57. The van der Waals surface area contributed by atoms with Gasteiger partial charge in [-0.15, -0.1) is 0 Å². The van der Waals surface area contributed by atoms with Crippen molar-refractivity contribution >= 4 is 40.0 Å². The maximum absolute atomic E-state index is 6.13. The van der Waals surface area contributed by atoms with Gasteiger partial charge in [-0.25, -0.2) is 9.97 Å². The maximum Gasteiger partial charge on any atom is 0.164 e. The zero-order valence-corrected chi connectivity index (χ0v) is 18.9. The van der Waals surface area contributed by atoms with E-state index in [9.17, 15) is 0 Å². The molecule has 8 nitrogen and oxygen atoms in total. The first-order chi connectivity index (χ1) is 15.7. The van der Waals surface area contributed by atoms with Crippen molar-refractivity contribution in [3.63, 3.8) is 0 Å². The van der Waals surface area contributed by atoms with Crippen LogP contribution in [-0.4, -0.2) is 59.3 Å². The number of benzene rings is 1. The summed E-state index contributed by atoms with van der Waals surface area (Å²) in [6, 6.07) is 9.67. The van der Waals surface area contributed by atoms with Gasteiger partial charge in [-0.3, -0.25) is 5.43 Å². The number of nitrogens with one attached hydrogen (secondary N) is 1. The molecule has 0 aliphatic carbocycles. The van der Waals surface area contributed by atoms with Gasteiger partial charge in [-0.1, -0.05) is 23.7 Å². The lowest BCUT2D eigenvalue weighted by atomic mass is 10.1. The highest BCUT2D eigenvalue weighted by molar-refractivity contribution is 6.31. The Morgan fingerprint density at radius 3 is 2.91 bits per heavy atom. The second kappa shape index (κ2) is 9.44. The van der Waals surface area contributed by atoms with Crippen LogP contribution in [0.3, 0.4) is 0 Å². The Kier molecular flexibility index (Phi) is 6.25. The van der Waals surface area contributed by atoms with E-state index < -0.39 is 0 Å². The molecule has 5 rings (SSSR count). The van der Waals surface area contributed by atoms with Gasteiger partial charge >= 0.3 is 0 Å². The molecule has 0 saturated carbocycles. The summed E-state index contributed by atoms with van der Waals surface area (Å²) in [5, 5.41) is 5.25. The Balaban J connectivity index is 1.48. The number of halogens is 1. The van der Waals surface area contributed by atoms with E-state index in [-0.39, 0.29) is 6.10 Å². The van der Waals surface area contributed by atoms with Crippen molar-refractivity contribution in [2.75, 3.05) is 43.2 Å². The van der Waals surface area contributed by atoms with Gasteiger partial charge in [0.25, 0.3) is 0 Å². The summed E-state index contributed by atoms with van der Waals surface area (Å²) in [7, 11) is 0. The number of aromatic nitrogens is 3. The quantitative estimate of drug-likeness (QED) is 0.449. The number of hydrogen-bond donors (Lipinski definition) is 1. The van der Waals surface area contributed by atoms with Crippen LogP contribution in [0.4, 0.5) is 11.5 Å². The first-order valence-electron chi connectivity index (χ1n) is 11.0. The van der Waals surface area contributed by atoms with Crippen molar-refractivity contribution in [1.82, 2.24) is 14.5 Å². The van der Waals surface area contributed by atoms with Crippen LogP contribution in [0.15, 0.2) is 41.8 Å². The molecular formula is C23H27ClN6O2. The maximum atomic E-state index is 6.13. The molecule has 2 saturated heterocycles. The SMILES string of the molecule is C/C(=N\Nc1cc(N2CCOCC2)c2ncn(C[C@@H]3CCCO3)c2n1)c1cccc(Cl)c1. The summed E-state index contributed by atoms with van der Waals surface area (Å²) < 4.78 is 13.5. The fourth-order valence-corrected chi connectivity index (χ4v) is 4.37. The fraction of sp³-hybridized carbons (Fsp3) is 0.435. The Morgan fingerprint density at radius 1 is 1.25 bits per heavy atom. The number of fused-ring (bicyclic) bond motifs is 1. The highest BCUT2D eigenvalue weighted by Crippen LogP contribution is 2.29. The van der Waals surface area contributed by atoms with Crippen LogP contribution < -0.4 is 10.3 Å². The van der Waals surface area contributed by atoms with Gasteiger partial charge in [-0.05, 0) is 37.5 Å². The molecule has 2 aromatic heterocycles. The standard InChI is InChI=1S/C23H27ClN6O2/c1-16(17-4-2-5-18(24)12-17)27-28-21-13-20(29-7-10-31-11-8-29)22-23(26-21)30(15-25-22)14-19-6-3-9-32-19/h2,4-5,12-13,15,19H,3,6-11,14H2,1H3,(H,26,28)/b27-16+/t19-/m0/s1. The number of rotatable bonds is 6. The molecule has 2 aliphatic rings. The van der Waals surface area contributed by atoms with Crippen molar-refractivity contribution in [2.24, 2.45) is 5.10 Å². The molecular weight excluding hydrogens is 428 g/mol. The number of hydrogen-bond acceptors (Lipinski definition) is 7. The van der Waals surface area contributed by atoms with Gasteiger partial charge in [0.2, 0.25) is 0 Å². The second-order valence-corrected chi connectivity index (χ2v) is 8.59. The predicted molar refractivity (Wildman–Crippen MR) is 127 cm³/mol. The molecule has 0 radical (unpaired) electrons. The first-order valence-corrected chi connectivity index (χ1v) is 11.4. The predicted octanol–water partition coefficient (Wildman–Crippen LogP) is 3.94. The van der Waals surface area contributed by atoms with Gasteiger partial charge < -0.3 is 18.9 Å². The van der Waals surface area contributed by atoms with E-state index in [1.807, 2.05) is 43.6 Å². The second-order valence-electron chi connectivity index (χ2n) is 8.15. The summed E-state index contributed by atoms with van der Waals surface area (Å²) in [6.07, 6.45) is 4.25. The minimum absolute atomic E-state index is 0.209. The zero-order chi connectivity index (χ0) is 21.9. The van der Waals surface area contributed by atoms with E-state index in [0.717, 1.165) is 67.2 Å². The Labute approximate surface area is 192 Å². The summed E-state index contributed by atoms with van der Waals surface area (Å²) in [4.78, 5) is 11.9. The molecule has 1 atom stereocenters. The number of morpholine rings is 1. The lowest BCUT2D eigenvalue weighted by Crippen LogP contribution is -2.36. The van der Waals surface area contributed by atoms with Gasteiger partial charge in [0.15, 0.2) is 11.5 Å². The van der Waals surface area contributed by atoms with Crippen LogP contribution in [0.1, 0.15) is 25.3 Å². The van der Waals surface area contributed by atoms with E-state index >= 15 is 0 Å². The van der Waals surface area contributed by atoms with Crippen LogP contribution in [0.25, 0.3) is 11.2 Å². The molecule has 168 valence electrons. The number of nitrogens with zero attached hydrogens (tertiary/aromatic N) is 5. The van der Waals surface area contributed by atoms with Crippen molar-refractivity contribution in [1.29, 1.82) is 0 Å². The van der Waals surface area contributed by atoms with Gasteiger partial charge in [-0.2, -0.15) is 5.10 Å². The van der Waals surface area contributed by atoms with Crippen molar-refractivity contribution in [3.8, 4) is 0 Å². The third-order valence-electron chi connectivity index (χ3n) is 5.91. The Morgan fingerprint density at radius 2 is 2.12 bits per heavy atom. The van der Waals surface area contributed by atoms with E-state index in [0.29, 0.717) is 24.1 Å². The van der Waals surface area contributed by atoms with E-state index in [4.69, 9.17) is 31.0 Å². The smallest absolute Gasteiger partial charge is 0.164 e. The average Bonchev–Trinajstić information content (AvgIpc) is 3.48. The van der Waals surface area contributed by atoms with Crippen LogP contribution in [0, 0.1) is 0 Å². The highest BCUT2D eigenvalue weighted by atomic mass is 35.5. The molecule has 3 aromatic rings. The molecule has 2 aliphatic heterocycles. The third kappa shape index (κ3) is 4.57. The number of imidazole rings is 1. The normalized spacial score (nSPS) is 19.6. The van der Waals surface area contributed by atoms with Crippen LogP contribution in [0.5, 0.6) is 0 Å². The highest BCUT2D eigenvalue weighted by Gasteiger charge is 2.22. The minimum Gasteiger partial charge on any atom is -0.378 e. The van der Waals surface area contributed by atoms with Crippen molar-refractivity contribution in [3.05, 3.63) is 47.2 Å². The van der Waals surface area contributed by atoms with E-state index in [2.05, 4.69) is 20.0 Å². The molecule has 1 N–H and O–H groups in total. The van der Waals surface area contributed by atoms with Crippen LogP contribution in [0.2, 0.25) is 5.02 Å². The largest absolute Gasteiger partial charge is 0.378 e. The number of pyridine rings is 1. The first kappa shape index (κ1) is 21.2. The van der Waals surface area contributed by atoms with Crippen molar-refractivity contribution in [2.45, 2.75) is 32.4 Å². The monoisotopic (exact) mass is 454 g/mol. The zero-order valence-electron chi connectivity index (χ0n) is 18.1. The molecule has 2 fully saturated rings. The number of anilines is 2. The number of ether oxygens (including phenoxy) is 2.